The monoisotopic (exact) mass is 251 g/mol. The number of hydrogen-bond donors (Lipinski definition) is 1. The highest BCUT2D eigenvalue weighted by atomic mass is 16.5. The lowest BCUT2D eigenvalue weighted by Crippen LogP contribution is -2.36. The number of carbonyl (C=O) groups excluding carboxylic acids is 1. The van der Waals surface area contributed by atoms with E-state index in [1.54, 1.807) is 19.1 Å². The predicted molar refractivity (Wildman–Crippen MR) is 73.2 cm³/mol. The van der Waals surface area contributed by atoms with Crippen molar-refractivity contribution in [3.8, 4) is 5.75 Å². The first-order valence-electron chi connectivity index (χ1n) is 5.84. The van der Waals surface area contributed by atoms with Crippen molar-refractivity contribution in [3.05, 3.63) is 24.3 Å². The van der Waals surface area contributed by atoms with Crippen LogP contribution >= 0.6 is 0 Å². The number of rotatable bonds is 5. The molecule has 18 heavy (non-hydrogen) atoms. The van der Waals surface area contributed by atoms with E-state index in [2.05, 4.69) is 5.32 Å². The Morgan fingerprint density at radius 1 is 1.22 bits per heavy atom. The van der Waals surface area contributed by atoms with Gasteiger partial charge in [-0.25, -0.2) is 4.79 Å². The molecule has 0 aliphatic rings. The molecule has 0 aromatic heterocycles. The van der Waals surface area contributed by atoms with Crippen LogP contribution in [0.15, 0.2) is 24.3 Å². The molecule has 0 fully saturated rings. The van der Waals surface area contributed by atoms with Crippen LogP contribution in [0.4, 0.5) is 10.5 Å². The van der Waals surface area contributed by atoms with Gasteiger partial charge in [0, 0.05) is 20.1 Å². The van der Waals surface area contributed by atoms with E-state index in [4.69, 9.17) is 4.74 Å². The number of likely N-dealkylation sites (N-methyl/N-ethyl adjacent to an activating group) is 2. The van der Waals surface area contributed by atoms with Gasteiger partial charge in [0.25, 0.3) is 0 Å². The molecule has 0 unspecified atom stereocenters. The molecule has 0 heterocycles. The highest BCUT2D eigenvalue weighted by Crippen LogP contribution is 2.23. The Balaban J connectivity index is 2.58. The molecule has 0 saturated carbocycles. The molecule has 5 heteroatoms. The molecule has 1 aromatic carbocycles. The SMILES string of the molecule is COc1ccccc1NC(=O)N(C)CCN(C)C. The van der Waals surface area contributed by atoms with Crippen LogP contribution in [-0.2, 0) is 0 Å². The fourth-order valence-corrected chi connectivity index (χ4v) is 1.41. The smallest absolute Gasteiger partial charge is 0.321 e. The lowest BCUT2D eigenvalue weighted by molar-refractivity contribution is 0.217. The first kappa shape index (κ1) is 14.3. The molecule has 0 radical (unpaired) electrons. The van der Waals surface area contributed by atoms with Gasteiger partial charge in [-0.3, -0.25) is 0 Å². The van der Waals surface area contributed by atoms with Crippen LogP contribution in [0.3, 0.4) is 0 Å². The average molecular weight is 251 g/mol. The summed E-state index contributed by atoms with van der Waals surface area (Å²) >= 11 is 0. The van der Waals surface area contributed by atoms with E-state index in [9.17, 15) is 4.79 Å². The second-order valence-electron chi connectivity index (χ2n) is 4.36. The molecule has 1 rings (SSSR count). The zero-order valence-electron chi connectivity index (χ0n) is 11.4. The first-order valence-corrected chi connectivity index (χ1v) is 5.84. The van der Waals surface area contributed by atoms with Crippen LogP contribution in [0.25, 0.3) is 0 Å². The summed E-state index contributed by atoms with van der Waals surface area (Å²) < 4.78 is 5.18. The topological polar surface area (TPSA) is 44.8 Å². The Hall–Kier alpha value is -1.75. The van der Waals surface area contributed by atoms with E-state index < -0.39 is 0 Å². The van der Waals surface area contributed by atoms with E-state index in [0.29, 0.717) is 18.0 Å². The van der Waals surface area contributed by atoms with E-state index in [-0.39, 0.29) is 6.03 Å². The van der Waals surface area contributed by atoms with Gasteiger partial charge in [-0.1, -0.05) is 12.1 Å². The maximum atomic E-state index is 11.9. The Morgan fingerprint density at radius 2 is 1.89 bits per heavy atom. The fraction of sp³-hybridized carbons (Fsp3) is 0.462. The minimum absolute atomic E-state index is 0.138. The van der Waals surface area contributed by atoms with Gasteiger partial charge in [0.05, 0.1) is 12.8 Å². The van der Waals surface area contributed by atoms with E-state index in [1.807, 2.05) is 43.3 Å². The Labute approximate surface area is 108 Å². The maximum Gasteiger partial charge on any atom is 0.321 e. The number of benzene rings is 1. The van der Waals surface area contributed by atoms with E-state index >= 15 is 0 Å². The van der Waals surface area contributed by atoms with Crippen molar-refractivity contribution < 1.29 is 9.53 Å². The molecule has 2 amide bonds. The van der Waals surface area contributed by atoms with E-state index in [1.165, 1.54) is 0 Å². The standard InChI is InChI=1S/C13H21N3O2/c1-15(2)9-10-16(3)13(17)14-11-7-5-6-8-12(11)18-4/h5-8H,9-10H2,1-4H3,(H,14,17). The summed E-state index contributed by atoms with van der Waals surface area (Å²) in [5.41, 5.74) is 0.682. The minimum atomic E-state index is -0.138. The molecule has 1 N–H and O–H groups in total. The summed E-state index contributed by atoms with van der Waals surface area (Å²) in [5, 5.41) is 2.83. The van der Waals surface area contributed by atoms with Gasteiger partial charge in [0.2, 0.25) is 0 Å². The van der Waals surface area contributed by atoms with Gasteiger partial charge in [-0.2, -0.15) is 0 Å². The minimum Gasteiger partial charge on any atom is -0.495 e. The van der Waals surface area contributed by atoms with Crippen LogP contribution in [-0.4, -0.2) is 57.2 Å². The van der Waals surface area contributed by atoms with Crippen LogP contribution in [0.5, 0.6) is 5.75 Å². The summed E-state index contributed by atoms with van der Waals surface area (Å²) in [6, 6.07) is 7.22. The number of para-hydroxylation sites is 2. The summed E-state index contributed by atoms with van der Waals surface area (Å²) in [4.78, 5) is 15.6. The number of hydrogen-bond acceptors (Lipinski definition) is 3. The molecule has 0 aliphatic heterocycles. The van der Waals surface area contributed by atoms with Crippen LogP contribution < -0.4 is 10.1 Å². The number of urea groups is 1. The lowest BCUT2D eigenvalue weighted by Gasteiger charge is -2.20. The van der Waals surface area contributed by atoms with Gasteiger partial charge in [-0.15, -0.1) is 0 Å². The molecule has 0 spiro atoms. The van der Waals surface area contributed by atoms with Crippen LogP contribution in [0, 0.1) is 0 Å². The predicted octanol–water partition coefficient (Wildman–Crippen LogP) is 1.72. The summed E-state index contributed by atoms with van der Waals surface area (Å²) in [7, 11) is 7.31. The van der Waals surface area contributed by atoms with Crippen molar-refractivity contribution in [2.45, 2.75) is 0 Å². The summed E-state index contributed by atoms with van der Waals surface area (Å²) in [6.45, 7) is 1.50. The summed E-state index contributed by atoms with van der Waals surface area (Å²) in [5.74, 6) is 0.659. The Bertz CT molecular complexity index is 394. The van der Waals surface area contributed by atoms with Gasteiger partial charge < -0.3 is 19.9 Å². The number of methoxy groups -OCH3 is 1. The van der Waals surface area contributed by atoms with Gasteiger partial charge in [0.15, 0.2) is 0 Å². The van der Waals surface area contributed by atoms with Crippen molar-refractivity contribution in [3.63, 3.8) is 0 Å². The normalized spacial score (nSPS) is 10.3. The lowest BCUT2D eigenvalue weighted by atomic mass is 10.3. The molecule has 100 valence electrons. The second-order valence-corrected chi connectivity index (χ2v) is 4.36. The number of nitrogens with zero attached hydrogens (tertiary/aromatic N) is 2. The molecule has 0 saturated heterocycles. The summed E-state index contributed by atoms with van der Waals surface area (Å²) in [6.07, 6.45) is 0. The molecular weight excluding hydrogens is 230 g/mol. The second kappa shape index (κ2) is 6.86. The zero-order valence-corrected chi connectivity index (χ0v) is 11.4. The maximum absolute atomic E-state index is 11.9. The largest absolute Gasteiger partial charge is 0.495 e. The highest BCUT2D eigenvalue weighted by Gasteiger charge is 2.11. The van der Waals surface area contributed by atoms with Crippen molar-refractivity contribution in [1.29, 1.82) is 0 Å². The number of carbonyl (C=O) groups is 1. The average Bonchev–Trinajstić information content (AvgIpc) is 2.36. The molecule has 0 bridgehead atoms. The third kappa shape index (κ3) is 4.25. The quantitative estimate of drug-likeness (QED) is 0.866. The van der Waals surface area contributed by atoms with Crippen LogP contribution in [0.1, 0.15) is 0 Å². The van der Waals surface area contributed by atoms with Gasteiger partial charge in [0.1, 0.15) is 5.75 Å². The van der Waals surface area contributed by atoms with Crippen LogP contribution in [0.2, 0.25) is 0 Å². The van der Waals surface area contributed by atoms with Crippen molar-refractivity contribution in [2.75, 3.05) is 46.7 Å². The molecular formula is C13H21N3O2. The molecule has 0 aliphatic carbocycles. The number of amides is 2. The number of anilines is 1. The fourth-order valence-electron chi connectivity index (χ4n) is 1.41. The number of nitrogens with one attached hydrogen (secondary N) is 1. The van der Waals surface area contributed by atoms with Crippen molar-refractivity contribution in [1.82, 2.24) is 9.80 Å². The van der Waals surface area contributed by atoms with Crippen molar-refractivity contribution in [2.24, 2.45) is 0 Å². The van der Waals surface area contributed by atoms with Crippen molar-refractivity contribution >= 4 is 11.7 Å². The van der Waals surface area contributed by atoms with Gasteiger partial charge in [-0.05, 0) is 26.2 Å². The number of ether oxygens (including phenoxy) is 1. The third-order valence-electron chi connectivity index (χ3n) is 2.58. The van der Waals surface area contributed by atoms with E-state index in [0.717, 1.165) is 6.54 Å². The molecule has 0 atom stereocenters. The molecule has 1 aromatic rings. The first-order chi connectivity index (χ1) is 8.54. The third-order valence-corrected chi connectivity index (χ3v) is 2.58. The van der Waals surface area contributed by atoms with Gasteiger partial charge >= 0.3 is 6.03 Å². The zero-order chi connectivity index (χ0) is 13.5. The Morgan fingerprint density at radius 3 is 2.50 bits per heavy atom. The molecule has 5 nitrogen and oxygen atoms in total. The Kier molecular flexibility index (Phi) is 5.45. The highest BCUT2D eigenvalue weighted by molar-refractivity contribution is 5.90.